The summed E-state index contributed by atoms with van der Waals surface area (Å²) in [6.07, 6.45) is 0. The lowest BCUT2D eigenvalue weighted by atomic mass is 9.94. The summed E-state index contributed by atoms with van der Waals surface area (Å²) >= 11 is 1.15. The maximum Gasteiger partial charge on any atom is 0.198 e. The van der Waals surface area contributed by atoms with Crippen molar-refractivity contribution in [3.05, 3.63) is 114 Å². The molecule has 0 aliphatic rings. The summed E-state index contributed by atoms with van der Waals surface area (Å²) in [7, 11) is 0. The van der Waals surface area contributed by atoms with Crippen LogP contribution in [0.25, 0.3) is 66.2 Å². The standard InChI is InChI=1S/C32H14F4N4S/c33-27-22(15-37)25(28(34)30(36)29(27)35)17-8-6-16(7-9-17)19-10-11-20-24(14-19)38-31(18-4-2-1-3-5-18)21-12-13-23-32(26(20)21)40-41-39-23/h1-14H. The molecule has 7 rings (SSSR count). The van der Waals surface area contributed by atoms with Gasteiger partial charge in [-0.3, -0.25) is 0 Å². The van der Waals surface area contributed by atoms with Crippen molar-refractivity contribution >= 4 is 44.4 Å². The van der Waals surface area contributed by atoms with Crippen LogP contribution in [0.1, 0.15) is 5.56 Å². The van der Waals surface area contributed by atoms with E-state index in [0.29, 0.717) is 5.56 Å². The maximum atomic E-state index is 14.6. The number of nitriles is 1. The zero-order valence-corrected chi connectivity index (χ0v) is 21.6. The Kier molecular flexibility index (Phi) is 5.73. The Morgan fingerprint density at radius 3 is 2.05 bits per heavy atom. The minimum absolute atomic E-state index is 0.0373. The van der Waals surface area contributed by atoms with Gasteiger partial charge in [-0.1, -0.05) is 66.7 Å². The first-order valence-electron chi connectivity index (χ1n) is 12.4. The molecule has 0 saturated heterocycles. The molecule has 0 N–H and O–H groups in total. The first-order chi connectivity index (χ1) is 20.0. The normalized spacial score (nSPS) is 11.4. The van der Waals surface area contributed by atoms with Crippen molar-refractivity contribution in [3.63, 3.8) is 0 Å². The Morgan fingerprint density at radius 2 is 1.29 bits per heavy atom. The van der Waals surface area contributed by atoms with E-state index < -0.39 is 34.4 Å². The predicted molar refractivity (Wildman–Crippen MR) is 151 cm³/mol. The number of halogens is 4. The minimum atomic E-state index is -2.02. The van der Waals surface area contributed by atoms with Gasteiger partial charge >= 0.3 is 0 Å². The Morgan fingerprint density at radius 1 is 0.610 bits per heavy atom. The molecule has 0 aliphatic carbocycles. The average molecular weight is 563 g/mol. The topological polar surface area (TPSA) is 62.5 Å². The van der Waals surface area contributed by atoms with Crippen LogP contribution in [0.15, 0.2) is 84.9 Å². The van der Waals surface area contributed by atoms with Gasteiger partial charge in [0.1, 0.15) is 22.7 Å². The van der Waals surface area contributed by atoms with Gasteiger partial charge in [0.25, 0.3) is 0 Å². The lowest BCUT2D eigenvalue weighted by molar-refractivity contribution is 0.409. The van der Waals surface area contributed by atoms with Gasteiger partial charge in [0.15, 0.2) is 23.3 Å². The third kappa shape index (κ3) is 3.84. The third-order valence-corrected chi connectivity index (χ3v) is 7.66. The smallest absolute Gasteiger partial charge is 0.198 e. The van der Waals surface area contributed by atoms with Crippen LogP contribution in [-0.4, -0.2) is 13.7 Å². The van der Waals surface area contributed by atoms with Gasteiger partial charge in [0.2, 0.25) is 0 Å². The second kappa shape index (κ2) is 9.47. The largest absolute Gasteiger partial charge is 0.247 e. The van der Waals surface area contributed by atoms with Crippen LogP contribution in [-0.2, 0) is 0 Å². The molecule has 4 nitrogen and oxygen atoms in total. The Labute approximate surface area is 234 Å². The molecular formula is C32H14F4N4S. The van der Waals surface area contributed by atoms with Crippen LogP contribution in [0.4, 0.5) is 17.6 Å². The van der Waals surface area contributed by atoms with Gasteiger partial charge in [-0.15, -0.1) is 0 Å². The summed E-state index contributed by atoms with van der Waals surface area (Å²) in [4.78, 5) is 5.03. The molecule has 0 amide bonds. The molecule has 0 atom stereocenters. The number of hydrogen-bond acceptors (Lipinski definition) is 5. The molecular weight excluding hydrogens is 548 g/mol. The molecule has 196 valence electrons. The molecule has 0 radical (unpaired) electrons. The first-order valence-corrected chi connectivity index (χ1v) is 13.1. The second-order valence-electron chi connectivity index (χ2n) is 9.37. The van der Waals surface area contributed by atoms with E-state index >= 15 is 0 Å². The van der Waals surface area contributed by atoms with Crippen LogP contribution < -0.4 is 0 Å². The monoisotopic (exact) mass is 562 g/mol. The number of nitrogens with zero attached hydrogens (tertiary/aromatic N) is 4. The highest BCUT2D eigenvalue weighted by molar-refractivity contribution is 7.00. The van der Waals surface area contributed by atoms with Crippen LogP contribution >= 0.6 is 11.7 Å². The minimum Gasteiger partial charge on any atom is -0.247 e. The summed E-state index contributed by atoms with van der Waals surface area (Å²) in [5.41, 5.74) is 4.08. The molecule has 0 bridgehead atoms. The summed E-state index contributed by atoms with van der Waals surface area (Å²) in [5.74, 6) is -7.33. The number of fused-ring (bicyclic) bond motifs is 5. The molecule has 0 aliphatic heterocycles. The Balaban J connectivity index is 1.40. The molecule has 7 aromatic rings. The Hall–Kier alpha value is -5.20. The predicted octanol–water partition coefficient (Wildman–Crippen LogP) is 8.82. The molecule has 41 heavy (non-hydrogen) atoms. The van der Waals surface area contributed by atoms with E-state index in [4.69, 9.17) is 4.98 Å². The van der Waals surface area contributed by atoms with Gasteiger partial charge in [0, 0.05) is 27.3 Å². The number of aromatic nitrogens is 3. The first kappa shape index (κ1) is 24.8. The van der Waals surface area contributed by atoms with Crippen molar-refractivity contribution in [1.29, 1.82) is 5.26 Å². The lowest BCUT2D eigenvalue weighted by Crippen LogP contribution is -2.03. The molecule has 0 spiro atoms. The number of rotatable bonds is 3. The van der Waals surface area contributed by atoms with Gasteiger partial charge in [-0.25, -0.2) is 22.5 Å². The zero-order valence-electron chi connectivity index (χ0n) is 20.8. The Bertz CT molecular complexity index is 2210. The van der Waals surface area contributed by atoms with Gasteiger partial charge in [0.05, 0.1) is 22.9 Å². The van der Waals surface area contributed by atoms with Gasteiger partial charge in [-0.05, 0) is 34.9 Å². The third-order valence-electron chi connectivity index (χ3n) is 7.12. The van der Waals surface area contributed by atoms with Crippen molar-refractivity contribution in [2.75, 3.05) is 0 Å². The molecule has 5 aromatic carbocycles. The molecule has 0 unspecified atom stereocenters. The van der Waals surface area contributed by atoms with E-state index in [1.54, 1.807) is 12.1 Å². The summed E-state index contributed by atoms with van der Waals surface area (Å²) in [6, 6.07) is 27.2. The van der Waals surface area contributed by atoms with Crippen molar-refractivity contribution in [2.45, 2.75) is 0 Å². The average Bonchev–Trinajstić information content (AvgIpc) is 3.51. The van der Waals surface area contributed by atoms with Crippen molar-refractivity contribution in [2.24, 2.45) is 0 Å². The van der Waals surface area contributed by atoms with E-state index in [1.807, 2.05) is 60.7 Å². The van der Waals surface area contributed by atoms with Crippen molar-refractivity contribution in [3.8, 4) is 39.6 Å². The van der Waals surface area contributed by atoms with E-state index in [2.05, 4.69) is 8.75 Å². The molecule has 9 heteroatoms. The number of benzene rings is 5. The number of hydrogen-bond donors (Lipinski definition) is 0. The molecule has 2 heterocycles. The number of pyridine rings is 1. The molecule has 2 aromatic heterocycles. The van der Waals surface area contributed by atoms with E-state index in [1.165, 1.54) is 18.2 Å². The quantitative estimate of drug-likeness (QED) is 0.0934. The van der Waals surface area contributed by atoms with E-state index in [-0.39, 0.29) is 5.56 Å². The van der Waals surface area contributed by atoms with Crippen LogP contribution in [0.5, 0.6) is 0 Å². The van der Waals surface area contributed by atoms with Gasteiger partial charge < -0.3 is 0 Å². The van der Waals surface area contributed by atoms with Gasteiger partial charge in [-0.2, -0.15) is 14.0 Å². The highest BCUT2D eigenvalue weighted by atomic mass is 32.1. The SMILES string of the molecule is N#Cc1c(F)c(F)c(F)c(F)c1-c1ccc(-c2ccc3c(c2)nc(-c2ccccc2)c2ccc4nsnc4c23)cc1. The highest BCUT2D eigenvalue weighted by Gasteiger charge is 2.26. The fraction of sp³-hybridized carbons (Fsp3) is 0. The fourth-order valence-electron chi connectivity index (χ4n) is 5.17. The lowest BCUT2D eigenvalue weighted by Gasteiger charge is -2.12. The summed E-state index contributed by atoms with van der Waals surface area (Å²) < 4.78 is 65.5. The molecule has 0 fully saturated rings. The highest BCUT2D eigenvalue weighted by Crippen LogP contribution is 2.38. The molecule has 0 saturated carbocycles. The van der Waals surface area contributed by atoms with E-state index in [9.17, 15) is 22.8 Å². The summed E-state index contributed by atoms with van der Waals surface area (Å²) in [5, 5.41) is 12.1. The second-order valence-corrected chi connectivity index (χ2v) is 9.90. The van der Waals surface area contributed by atoms with E-state index in [0.717, 1.165) is 61.3 Å². The van der Waals surface area contributed by atoms with Crippen LogP contribution in [0, 0.1) is 34.6 Å². The maximum absolute atomic E-state index is 14.6. The van der Waals surface area contributed by atoms with Crippen LogP contribution in [0.3, 0.4) is 0 Å². The summed E-state index contributed by atoms with van der Waals surface area (Å²) in [6.45, 7) is 0. The van der Waals surface area contributed by atoms with Crippen LogP contribution in [0.2, 0.25) is 0 Å². The van der Waals surface area contributed by atoms with Crippen molar-refractivity contribution < 1.29 is 17.6 Å². The van der Waals surface area contributed by atoms with Crippen molar-refractivity contribution in [1.82, 2.24) is 13.7 Å². The zero-order chi connectivity index (χ0) is 28.2. The fourth-order valence-corrected chi connectivity index (χ4v) is 5.71.